The SMILES string of the molecule is c1ccc(-c2nc(-c3ccc(-c4cccc5c4oc4ccccc45)cc3)nc(-c3cccc(-c4cccc5c4Sc4ccccc4C54c5ccccc5-c5ccccc54)c3)n2)cc1. The van der Waals surface area contributed by atoms with Crippen LogP contribution < -0.4 is 0 Å². The van der Waals surface area contributed by atoms with E-state index in [9.17, 15) is 0 Å². The maximum Gasteiger partial charge on any atom is 0.164 e. The van der Waals surface area contributed by atoms with Gasteiger partial charge in [-0.2, -0.15) is 0 Å². The zero-order valence-electron chi connectivity index (χ0n) is 33.9. The van der Waals surface area contributed by atoms with Crippen molar-refractivity contribution in [1.82, 2.24) is 15.0 Å². The summed E-state index contributed by atoms with van der Waals surface area (Å²) in [5.74, 6) is 1.86. The van der Waals surface area contributed by atoms with Crippen LogP contribution in [-0.2, 0) is 5.41 Å². The van der Waals surface area contributed by atoms with Gasteiger partial charge in [0.05, 0.1) is 5.41 Å². The van der Waals surface area contributed by atoms with Crippen LogP contribution in [-0.4, -0.2) is 15.0 Å². The standard InChI is InChI=1S/C58H35N3OS/c1-2-15-37(16-3-1)55-59-56(38-33-31-36(32-34-38)41-22-13-24-46-45-21-6-10-29-51(45)62-53(41)46)61-57(60-55)40-18-12-17-39(35-40)42-23-14-28-50-54(42)63-52-30-11-9-27-49(52)58(50)47-25-7-4-19-43(47)44-20-5-8-26-48(44)58/h1-35H. The molecule has 0 saturated carbocycles. The van der Waals surface area contributed by atoms with Gasteiger partial charge in [-0.3, -0.25) is 0 Å². The van der Waals surface area contributed by atoms with Gasteiger partial charge in [0.2, 0.25) is 0 Å². The molecule has 4 nitrogen and oxygen atoms in total. The van der Waals surface area contributed by atoms with Crippen LogP contribution in [0.3, 0.4) is 0 Å². The fourth-order valence-electron chi connectivity index (χ4n) is 10.1. The minimum Gasteiger partial charge on any atom is -0.455 e. The quantitative estimate of drug-likeness (QED) is 0.173. The monoisotopic (exact) mass is 821 g/mol. The van der Waals surface area contributed by atoms with Crippen LogP contribution in [0.4, 0.5) is 0 Å². The van der Waals surface area contributed by atoms with Crippen LogP contribution in [0.1, 0.15) is 22.3 Å². The van der Waals surface area contributed by atoms with Crippen LogP contribution in [0.15, 0.2) is 227 Å². The fourth-order valence-corrected chi connectivity index (χ4v) is 11.4. The lowest BCUT2D eigenvalue weighted by atomic mass is 9.67. The van der Waals surface area contributed by atoms with Crippen LogP contribution in [0.2, 0.25) is 0 Å². The van der Waals surface area contributed by atoms with Crippen molar-refractivity contribution < 1.29 is 4.42 Å². The number of furan rings is 1. The summed E-state index contributed by atoms with van der Waals surface area (Å²) in [7, 11) is 0. The van der Waals surface area contributed by atoms with E-state index in [1.54, 1.807) is 0 Å². The smallest absolute Gasteiger partial charge is 0.164 e. The second kappa shape index (κ2) is 14.1. The lowest BCUT2D eigenvalue weighted by molar-refractivity contribution is 0.670. The second-order valence-electron chi connectivity index (χ2n) is 16.2. The molecule has 1 aliphatic heterocycles. The van der Waals surface area contributed by atoms with Crippen molar-refractivity contribution in [2.45, 2.75) is 15.2 Å². The molecule has 0 saturated heterocycles. The molecule has 0 fully saturated rings. The minimum atomic E-state index is -0.445. The number of nitrogens with zero attached hydrogens (tertiary/aromatic N) is 3. The van der Waals surface area contributed by atoms with Crippen molar-refractivity contribution in [2.24, 2.45) is 0 Å². The molecule has 9 aromatic carbocycles. The molecule has 2 aliphatic rings. The summed E-state index contributed by atoms with van der Waals surface area (Å²) in [5.41, 5.74) is 16.4. The first-order chi connectivity index (χ1) is 31.2. The summed E-state index contributed by atoms with van der Waals surface area (Å²) in [6.45, 7) is 0. The molecule has 1 spiro atoms. The van der Waals surface area contributed by atoms with Crippen molar-refractivity contribution in [3.63, 3.8) is 0 Å². The lowest BCUT2D eigenvalue weighted by Crippen LogP contribution is -2.32. The Morgan fingerprint density at radius 2 is 0.857 bits per heavy atom. The highest BCUT2D eigenvalue weighted by atomic mass is 32.2. The molecule has 0 atom stereocenters. The first kappa shape index (κ1) is 35.9. The predicted octanol–water partition coefficient (Wildman–Crippen LogP) is 14.9. The first-order valence-electron chi connectivity index (χ1n) is 21.3. The number of hydrogen-bond acceptors (Lipinski definition) is 5. The van der Waals surface area contributed by atoms with E-state index in [0.29, 0.717) is 17.5 Å². The van der Waals surface area contributed by atoms with Crippen molar-refractivity contribution in [1.29, 1.82) is 0 Å². The Kier molecular flexibility index (Phi) is 8.02. The van der Waals surface area contributed by atoms with Crippen molar-refractivity contribution in [3.05, 3.63) is 235 Å². The highest BCUT2D eigenvalue weighted by Crippen LogP contribution is 2.63. The summed E-state index contributed by atoms with van der Waals surface area (Å²) in [4.78, 5) is 17.9. The molecule has 294 valence electrons. The van der Waals surface area contributed by atoms with Gasteiger partial charge >= 0.3 is 0 Å². The highest BCUT2D eigenvalue weighted by Gasteiger charge is 2.50. The Labute approximate surface area is 368 Å². The van der Waals surface area contributed by atoms with E-state index in [0.717, 1.165) is 55.3 Å². The molecule has 5 heteroatoms. The fraction of sp³-hybridized carbons (Fsp3) is 0.0172. The van der Waals surface area contributed by atoms with Gasteiger partial charge in [-0.05, 0) is 68.3 Å². The number of benzene rings is 9. The molecule has 0 amide bonds. The van der Waals surface area contributed by atoms with Crippen LogP contribution in [0, 0.1) is 0 Å². The first-order valence-corrected chi connectivity index (χ1v) is 22.1. The van der Waals surface area contributed by atoms with Crippen molar-refractivity contribution in [2.75, 3.05) is 0 Å². The zero-order valence-corrected chi connectivity index (χ0v) is 34.7. The van der Waals surface area contributed by atoms with E-state index in [1.807, 2.05) is 42.1 Å². The Bertz CT molecular complexity index is 3570. The average Bonchev–Trinajstić information content (AvgIpc) is 3.88. The Balaban J connectivity index is 0.939. The lowest BCUT2D eigenvalue weighted by Gasteiger charge is -2.40. The van der Waals surface area contributed by atoms with Gasteiger partial charge in [-0.1, -0.05) is 206 Å². The molecular weight excluding hydrogens is 787 g/mol. The van der Waals surface area contributed by atoms with Gasteiger partial charge in [0.15, 0.2) is 17.5 Å². The number of para-hydroxylation sites is 2. The molecule has 11 aromatic rings. The van der Waals surface area contributed by atoms with Crippen LogP contribution in [0.25, 0.3) is 89.5 Å². The molecule has 0 N–H and O–H groups in total. The summed E-state index contributed by atoms with van der Waals surface area (Å²) >= 11 is 1.87. The van der Waals surface area contributed by atoms with Gasteiger partial charge in [0, 0.05) is 42.8 Å². The largest absolute Gasteiger partial charge is 0.455 e. The van der Waals surface area contributed by atoms with E-state index in [1.165, 1.54) is 48.7 Å². The second-order valence-corrected chi connectivity index (χ2v) is 17.3. The van der Waals surface area contributed by atoms with Crippen molar-refractivity contribution in [3.8, 4) is 67.5 Å². The maximum absolute atomic E-state index is 6.39. The zero-order chi connectivity index (χ0) is 41.5. The third kappa shape index (κ3) is 5.46. The molecule has 0 radical (unpaired) electrons. The molecule has 1 aliphatic carbocycles. The van der Waals surface area contributed by atoms with E-state index in [-0.39, 0.29) is 0 Å². The molecular formula is C58H35N3OS. The van der Waals surface area contributed by atoms with Crippen LogP contribution in [0.5, 0.6) is 0 Å². The van der Waals surface area contributed by atoms with E-state index < -0.39 is 5.41 Å². The van der Waals surface area contributed by atoms with Gasteiger partial charge in [0.1, 0.15) is 11.2 Å². The predicted molar refractivity (Wildman–Crippen MR) is 256 cm³/mol. The summed E-state index contributed by atoms with van der Waals surface area (Å²) in [6.07, 6.45) is 0. The normalized spacial score (nSPS) is 13.1. The van der Waals surface area contributed by atoms with Gasteiger partial charge < -0.3 is 4.42 Å². The Morgan fingerprint density at radius 1 is 0.349 bits per heavy atom. The maximum atomic E-state index is 6.39. The Morgan fingerprint density at radius 3 is 1.63 bits per heavy atom. The highest BCUT2D eigenvalue weighted by molar-refractivity contribution is 7.99. The number of aromatic nitrogens is 3. The molecule has 0 unspecified atom stereocenters. The molecule has 3 heterocycles. The van der Waals surface area contributed by atoms with Crippen LogP contribution >= 0.6 is 11.8 Å². The number of rotatable bonds is 5. The molecule has 13 rings (SSSR count). The minimum absolute atomic E-state index is 0.445. The average molecular weight is 822 g/mol. The van der Waals surface area contributed by atoms with E-state index in [2.05, 4.69) is 182 Å². The number of hydrogen-bond donors (Lipinski definition) is 0. The Hall–Kier alpha value is -7.86. The third-order valence-electron chi connectivity index (χ3n) is 12.8. The molecule has 2 aromatic heterocycles. The van der Waals surface area contributed by atoms with Crippen molar-refractivity contribution >= 4 is 33.7 Å². The molecule has 0 bridgehead atoms. The third-order valence-corrected chi connectivity index (χ3v) is 14.1. The van der Waals surface area contributed by atoms with E-state index in [4.69, 9.17) is 19.4 Å². The van der Waals surface area contributed by atoms with Gasteiger partial charge in [-0.15, -0.1) is 0 Å². The summed E-state index contributed by atoms with van der Waals surface area (Å²) in [6, 6.07) is 75.6. The van der Waals surface area contributed by atoms with Gasteiger partial charge in [0.25, 0.3) is 0 Å². The van der Waals surface area contributed by atoms with Gasteiger partial charge in [-0.25, -0.2) is 15.0 Å². The summed E-state index contributed by atoms with van der Waals surface area (Å²) < 4.78 is 6.39. The van der Waals surface area contributed by atoms with E-state index >= 15 is 0 Å². The number of fused-ring (bicyclic) bond motifs is 12. The molecule has 63 heavy (non-hydrogen) atoms. The summed E-state index contributed by atoms with van der Waals surface area (Å²) in [5, 5.41) is 2.23. The topological polar surface area (TPSA) is 51.8 Å².